The van der Waals surface area contributed by atoms with E-state index in [4.69, 9.17) is 9.47 Å². The van der Waals surface area contributed by atoms with E-state index in [0.717, 1.165) is 55.8 Å². The lowest BCUT2D eigenvalue weighted by Gasteiger charge is -2.35. The molecule has 2 N–H and O–H groups in total. The SMILES string of the molecule is C=CC(=O)Nc1cc(N2CCN(CC)CC2)ccc1Nc1ncc2cc(C(=O)c3c(F)c(OC)cc(OC)c3F)sc2n1. The van der Waals surface area contributed by atoms with Gasteiger partial charge in [0, 0.05) is 49.5 Å². The standard InChI is InChI=1S/C30H30F2N6O4S/c1-5-24(39)34-20-14-18(38-11-9-37(6-2)10-12-38)7-8-19(20)35-30-33-16-17-13-23(43-29(17)36-30)28(40)25-26(31)21(41-3)15-22(42-4)27(25)32/h5,7-8,13-16H,1,6,9-12H2,2-4H3,(H,34,39)(H,33,35,36). The summed E-state index contributed by atoms with van der Waals surface area (Å²) in [6.07, 6.45) is 2.69. The molecule has 0 spiro atoms. The first-order valence-corrected chi connectivity index (χ1v) is 14.3. The van der Waals surface area contributed by atoms with Gasteiger partial charge in [0.05, 0.1) is 30.5 Å². The predicted molar refractivity (Wildman–Crippen MR) is 163 cm³/mol. The normalized spacial score (nSPS) is 13.6. The highest BCUT2D eigenvalue weighted by molar-refractivity contribution is 7.20. The molecule has 1 aliphatic rings. The number of ether oxygens (including phenoxy) is 2. The summed E-state index contributed by atoms with van der Waals surface area (Å²) in [4.78, 5) is 39.4. The summed E-state index contributed by atoms with van der Waals surface area (Å²) in [7, 11) is 2.42. The number of thiophene rings is 1. The molecule has 0 atom stereocenters. The van der Waals surface area contributed by atoms with Crippen LogP contribution in [0.3, 0.4) is 0 Å². The lowest BCUT2D eigenvalue weighted by atomic mass is 10.1. The van der Waals surface area contributed by atoms with E-state index < -0.39 is 23.0 Å². The highest BCUT2D eigenvalue weighted by Crippen LogP contribution is 2.35. The third kappa shape index (κ3) is 6.13. The second-order valence-electron chi connectivity index (χ2n) is 9.65. The quantitative estimate of drug-likeness (QED) is 0.185. The molecule has 224 valence electrons. The van der Waals surface area contributed by atoms with Crippen LogP contribution in [0.15, 0.2) is 49.2 Å². The summed E-state index contributed by atoms with van der Waals surface area (Å²) in [5.74, 6) is -3.93. The van der Waals surface area contributed by atoms with E-state index >= 15 is 0 Å². The zero-order chi connectivity index (χ0) is 30.7. The number of ketones is 1. The summed E-state index contributed by atoms with van der Waals surface area (Å²) in [5, 5.41) is 6.48. The average Bonchev–Trinajstić information content (AvgIpc) is 3.45. The summed E-state index contributed by atoms with van der Waals surface area (Å²) < 4.78 is 39.8. The summed E-state index contributed by atoms with van der Waals surface area (Å²) in [6, 6.07) is 8.19. The van der Waals surface area contributed by atoms with Crippen LogP contribution in [0.5, 0.6) is 11.5 Å². The van der Waals surface area contributed by atoms with E-state index in [-0.39, 0.29) is 28.2 Å². The van der Waals surface area contributed by atoms with E-state index in [0.29, 0.717) is 21.6 Å². The molecule has 13 heteroatoms. The third-order valence-corrected chi connectivity index (χ3v) is 8.22. The van der Waals surface area contributed by atoms with Gasteiger partial charge in [-0.25, -0.2) is 18.7 Å². The van der Waals surface area contributed by atoms with Gasteiger partial charge in [0.15, 0.2) is 23.1 Å². The summed E-state index contributed by atoms with van der Waals surface area (Å²) >= 11 is 0.962. The van der Waals surface area contributed by atoms with Crippen molar-refractivity contribution in [3.8, 4) is 11.5 Å². The van der Waals surface area contributed by atoms with Crippen molar-refractivity contribution < 1.29 is 27.8 Å². The molecule has 1 saturated heterocycles. The van der Waals surface area contributed by atoms with Gasteiger partial charge in [0.25, 0.3) is 0 Å². The Morgan fingerprint density at radius 3 is 2.37 bits per heavy atom. The largest absolute Gasteiger partial charge is 0.494 e. The zero-order valence-electron chi connectivity index (χ0n) is 23.9. The molecule has 2 aromatic carbocycles. The highest BCUT2D eigenvalue weighted by Gasteiger charge is 2.28. The van der Waals surface area contributed by atoms with Crippen LogP contribution in [0.2, 0.25) is 0 Å². The van der Waals surface area contributed by atoms with Gasteiger partial charge in [-0.1, -0.05) is 13.5 Å². The van der Waals surface area contributed by atoms with Gasteiger partial charge in [0.1, 0.15) is 10.4 Å². The fourth-order valence-corrected chi connectivity index (χ4v) is 5.73. The van der Waals surface area contributed by atoms with E-state index in [1.807, 2.05) is 18.2 Å². The first-order chi connectivity index (χ1) is 20.8. The molecular weight excluding hydrogens is 578 g/mol. The number of hydrogen-bond acceptors (Lipinski definition) is 10. The molecule has 0 bridgehead atoms. The number of nitrogens with one attached hydrogen (secondary N) is 2. The van der Waals surface area contributed by atoms with E-state index in [9.17, 15) is 18.4 Å². The van der Waals surface area contributed by atoms with Crippen LogP contribution in [-0.2, 0) is 4.79 Å². The molecule has 1 aliphatic heterocycles. The topological polar surface area (TPSA) is 109 Å². The first kappa shape index (κ1) is 29.9. The van der Waals surface area contributed by atoms with Gasteiger partial charge in [-0.2, -0.15) is 0 Å². The lowest BCUT2D eigenvalue weighted by Crippen LogP contribution is -2.46. The number of carbonyl (C=O) groups is 2. The number of nitrogens with zero attached hydrogens (tertiary/aromatic N) is 4. The Bertz CT molecular complexity index is 1680. The molecule has 2 aromatic heterocycles. The van der Waals surface area contributed by atoms with Crippen molar-refractivity contribution >= 4 is 56.3 Å². The van der Waals surface area contributed by atoms with Gasteiger partial charge in [-0.15, -0.1) is 11.3 Å². The Balaban J connectivity index is 1.43. The predicted octanol–water partition coefficient (Wildman–Crippen LogP) is 5.23. The van der Waals surface area contributed by atoms with Crippen molar-refractivity contribution in [1.29, 1.82) is 0 Å². The highest BCUT2D eigenvalue weighted by atomic mass is 32.1. The second-order valence-corrected chi connectivity index (χ2v) is 10.7. The van der Waals surface area contributed by atoms with Crippen LogP contribution in [-0.4, -0.2) is 73.5 Å². The van der Waals surface area contributed by atoms with Crippen molar-refractivity contribution in [2.45, 2.75) is 6.92 Å². The number of amides is 1. The minimum absolute atomic E-state index is 0.0565. The first-order valence-electron chi connectivity index (χ1n) is 13.5. The molecule has 0 aliphatic carbocycles. The fraction of sp³-hybridized carbons (Fsp3) is 0.267. The number of halogens is 2. The van der Waals surface area contributed by atoms with E-state index in [1.54, 1.807) is 0 Å². The summed E-state index contributed by atoms with van der Waals surface area (Å²) in [6.45, 7) is 10.3. The number of rotatable bonds is 10. The minimum atomic E-state index is -1.12. The molecular formula is C30H30F2N6O4S. The fourth-order valence-electron chi connectivity index (χ4n) is 4.78. The van der Waals surface area contributed by atoms with Crippen LogP contribution in [0, 0.1) is 11.6 Å². The van der Waals surface area contributed by atoms with Crippen molar-refractivity contribution in [1.82, 2.24) is 14.9 Å². The summed E-state index contributed by atoms with van der Waals surface area (Å²) in [5.41, 5.74) is 1.25. The Labute approximate surface area is 250 Å². The van der Waals surface area contributed by atoms with Crippen molar-refractivity contribution in [3.63, 3.8) is 0 Å². The van der Waals surface area contributed by atoms with Crippen molar-refractivity contribution in [2.75, 3.05) is 62.5 Å². The van der Waals surface area contributed by atoms with Gasteiger partial charge < -0.3 is 29.9 Å². The van der Waals surface area contributed by atoms with Gasteiger partial charge >= 0.3 is 0 Å². The smallest absolute Gasteiger partial charge is 0.247 e. The van der Waals surface area contributed by atoms with E-state index in [2.05, 4.69) is 43.9 Å². The number of likely N-dealkylation sites (N-methyl/N-ethyl adjacent to an activating group) is 1. The van der Waals surface area contributed by atoms with Crippen LogP contribution in [0.25, 0.3) is 10.2 Å². The number of piperazine rings is 1. The second kappa shape index (κ2) is 12.7. The van der Waals surface area contributed by atoms with Crippen LogP contribution in [0.1, 0.15) is 22.2 Å². The van der Waals surface area contributed by atoms with Crippen LogP contribution in [0.4, 0.5) is 31.8 Å². The number of anilines is 4. The maximum absolute atomic E-state index is 15.0. The molecule has 0 saturated carbocycles. The Morgan fingerprint density at radius 2 is 1.74 bits per heavy atom. The Kier molecular flexibility index (Phi) is 8.83. The number of hydrogen-bond donors (Lipinski definition) is 2. The monoisotopic (exact) mass is 608 g/mol. The van der Waals surface area contributed by atoms with Crippen LogP contribution >= 0.6 is 11.3 Å². The van der Waals surface area contributed by atoms with E-state index in [1.165, 1.54) is 32.6 Å². The number of benzene rings is 2. The Hall–Kier alpha value is -4.62. The molecule has 1 fully saturated rings. The third-order valence-electron chi connectivity index (χ3n) is 7.18. The van der Waals surface area contributed by atoms with Gasteiger partial charge in [-0.05, 0) is 36.9 Å². The Morgan fingerprint density at radius 1 is 1.05 bits per heavy atom. The molecule has 0 unspecified atom stereocenters. The number of aromatic nitrogens is 2. The van der Waals surface area contributed by atoms with Gasteiger partial charge in [-0.3, -0.25) is 9.59 Å². The zero-order valence-corrected chi connectivity index (χ0v) is 24.7. The lowest BCUT2D eigenvalue weighted by molar-refractivity contribution is -0.111. The van der Waals surface area contributed by atoms with Crippen LogP contribution < -0.4 is 25.0 Å². The molecule has 3 heterocycles. The number of carbonyl (C=O) groups excluding carboxylic acids is 2. The number of methoxy groups -OCH3 is 2. The maximum atomic E-state index is 15.0. The molecule has 4 aromatic rings. The molecule has 1 amide bonds. The maximum Gasteiger partial charge on any atom is 0.247 e. The minimum Gasteiger partial charge on any atom is -0.494 e. The number of fused-ring (bicyclic) bond motifs is 1. The van der Waals surface area contributed by atoms with Crippen molar-refractivity contribution in [3.05, 3.63) is 71.3 Å². The van der Waals surface area contributed by atoms with Gasteiger partial charge in [0.2, 0.25) is 17.6 Å². The molecule has 10 nitrogen and oxygen atoms in total. The molecule has 43 heavy (non-hydrogen) atoms. The molecule has 0 radical (unpaired) electrons. The van der Waals surface area contributed by atoms with Crippen molar-refractivity contribution in [2.24, 2.45) is 0 Å². The molecule has 5 rings (SSSR count). The average molecular weight is 609 g/mol.